The number of amides is 1. The molecule has 22 heavy (non-hydrogen) atoms. The summed E-state index contributed by atoms with van der Waals surface area (Å²) in [6.07, 6.45) is 6.48. The minimum atomic E-state index is 0.154. The molecule has 0 saturated carbocycles. The Morgan fingerprint density at radius 3 is 2.95 bits per heavy atom. The summed E-state index contributed by atoms with van der Waals surface area (Å²) in [7, 11) is 1.92. The summed E-state index contributed by atoms with van der Waals surface area (Å²) in [6.45, 7) is 1.61. The summed E-state index contributed by atoms with van der Waals surface area (Å²) >= 11 is 6.15. The summed E-state index contributed by atoms with van der Waals surface area (Å²) in [5.74, 6) is 0.541. The first-order chi connectivity index (χ1) is 10.6. The number of hydrogen-bond donors (Lipinski definition) is 0. The van der Waals surface area contributed by atoms with Crippen molar-refractivity contribution < 1.29 is 4.79 Å². The quantitative estimate of drug-likeness (QED) is 0.872. The molecule has 0 radical (unpaired) electrons. The lowest BCUT2D eigenvalue weighted by molar-refractivity contribution is -0.131. The van der Waals surface area contributed by atoms with E-state index in [2.05, 4.69) is 5.10 Å². The van der Waals surface area contributed by atoms with Crippen LogP contribution in [0.5, 0.6) is 0 Å². The minimum absolute atomic E-state index is 0.154. The van der Waals surface area contributed by atoms with E-state index in [9.17, 15) is 4.79 Å². The fourth-order valence-electron chi connectivity index (χ4n) is 3.04. The van der Waals surface area contributed by atoms with Gasteiger partial charge in [-0.2, -0.15) is 5.10 Å². The Morgan fingerprint density at radius 1 is 1.41 bits per heavy atom. The van der Waals surface area contributed by atoms with Crippen LogP contribution in [0.3, 0.4) is 0 Å². The Kier molecular flexibility index (Phi) is 4.48. The van der Waals surface area contributed by atoms with E-state index < -0.39 is 0 Å². The van der Waals surface area contributed by atoms with E-state index in [0.29, 0.717) is 17.4 Å². The van der Waals surface area contributed by atoms with Crippen LogP contribution in [-0.4, -0.2) is 33.7 Å². The Bertz CT molecular complexity index is 667. The molecule has 2 aromatic rings. The third-order valence-corrected chi connectivity index (χ3v) is 4.64. The summed E-state index contributed by atoms with van der Waals surface area (Å²) in [5, 5.41) is 4.90. The van der Waals surface area contributed by atoms with Gasteiger partial charge < -0.3 is 4.90 Å². The van der Waals surface area contributed by atoms with Crippen molar-refractivity contribution in [3.8, 4) is 0 Å². The molecule has 1 unspecified atom stereocenters. The van der Waals surface area contributed by atoms with Gasteiger partial charge in [0.1, 0.15) is 0 Å². The topological polar surface area (TPSA) is 38.1 Å². The van der Waals surface area contributed by atoms with Crippen LogP contribution in [-0.2, 0) is 18.3 Å². The lowest BCUT2D eigenvalue weighted by Crippen LogP contribution is -2.39. The molecule has 1 saturated heterocycles. The Hall–Kier alpha value is -1.81. The maximum atomic E-state index is 12.5. The van der Waals surface area contributed by atoms with E-state index in [-0.39, 0.29) is 5.91 Å². The number of halogens is 1. The number of benzene rings is 1. The highest BCUT2D eigenvalue weighted by Crippen LogP contribution is 2.27. The fraction of sp³-hybridized carbons (Fsp3) is 0.412. The highest BCUT2D eigenvalue weighted by atomic mass is 35.5. The Morgan fingerprint density at radius 2 is 2.23 bits per heavy atom. The molecule has 3 rings (SSSR count). The number of likely N-dealkylation sites (tertiary alicyclic amines) is 1. The zero-order valence-electron chi connectivity index (χ0n) is 12.7. The summed E-state index contributed by atoms with van der Waals surface area (Å²) in [6, 6.07) is 7.56. The van der Waals surface area contributed by atoms with E-state index in [1.807, 2.05) is 53.3 Å². The second-order valence-electron chi connectivity index (χ2n) is 5.89. The molecule has 1 aliphatic heterocycles. The van der Waals surface area contributed by atoms with Crippen molar-refractivity contribution in [1.82, 2.24) is 14.7 Å². The number of nitrogens with zero attached hydrogens (tertiary/aromatic N) is 3. The monoisotopic (exact) mass is 317 g/mol. The van der Waals surface area contributed by atoms with Crippen LogP contribution in [0.2, 0.25) is 5.02 Å². The van der Waals surface area contributed by atoms with Gasteiger partial charge in [-0.05, 0) is 30.0 Å². The lowest BCUT2D eigenvalue weighted by Gasteiger charge is -2.32. The lowest BCUT2D eigenvalue weighted by atomic mass is 9.92. The van der Waals surface area contributed by atoms with Crippen molar-refractivity contribution in [2.75, 3.05) is 13.1 Å². The molecule has 1 aliphatic rings. The first-order valence-electron chi connectivity index (χ1n) is 7.63. The zero-order valence-corrected chi connectivity index (χ0v) is 13.5. The molecule has 1 aromatic carbocycles. The smallest absolute Gasteiger partial charge is 0.227 e. The summed E-state index contributed by atoms with van der Waals surface area (Å²) < 4.78 is 1.82. The van der Waals surface area contributed by atoms with Crippen molar-refractivity contribution in [1.29, 1.82) is 0 Å². The van der Waals surface area contributed by atoms with Gasteiger partial charge in [0.05, 0.1) is 12.6 Å². The van der Waals surface area contributed by atoms with Gasteiger partial charge in [0.25, 0.3) is 0 Å². The molecule has 2 heterocycles. The van der Waals surface area contributed by atoms with Gasteiger partial charge in [0, 0.05) is 37.3 Å². The van der Waals surface area contributed by atoms with Crippen molar-refractivity contribution >= 4 is 17.5 Å². The maximum absolute atomic E-state index is 12.5. The number of carbonyl (C=O) groups is 1. The molecule has 0 bridgehead atoms. The molecule has 0 aliphatic carbocycles. The van der Waals surface area contributed by atoms with E-state index in [0.717, 1.165) is 31.5 Å². The van der Waals surface area contributed by atoms with E-state index in [1.165, 1.54) is 5.56 Å². The fourth-order valence-corrected chi connectivity index (χ4v) is 3.25. The highest BCUT2D eigenvalue weighted by molar-refractivity contribution is 6.31. The minimum Gasteiger partial charge on any atom is -0.342 e. The molecule has 116 valence electrons. The number of carbonyl (C=O) groups excluding carboxylic acids is 1. The van der Waals surface area contributed by atoms with Gasteiger partial charge in [0.15, 0.2) is 0 Å². The number of aromatic nitrogens is 2. The predicted molar refractivity (Wildman–Crippen MR) is 86.9 cm³/mol. The predicted octanol–water partition coefficient (Wildman–Crippen LogP) is 3.02. The van der Waals surface area contributed by atoms with E-state index in [4.69, 9.17) is 11.6 Å². The third kappa shape index (κ3) is 3.33. The summed E-state index contributed by atoms with van der Waals surface area (Å²) in [5.41, 5.74) is 2.12. The molecule has 4 nitrogen and oxygen atoms in total. The maximum Gasteiger partial charge on any atom is 0.227 e. The zero-order chi connectivity index (χ0) is 15.5. The van der Waals surface area contributed by atoms with Crippen molar-refractivity contribution in [3.05, 3.63) is 52.8 Å². The molecule has 1 fully saturated rings. The van der Waals surface area contributed by atoms with Crippen LogP contribution in [0.1, 0.15) is 29.9 Å². The first kappa shape index (κ1) is 15.1. The van der Waals surface area contributed by atoms with Crippen LogP contribution >= 0.6 is 11.6 Å². The van der Waals surface area contributed by atoms with Gasteiger partial charge in [-0.1, -0.05) is 29.8 Å². The van der Waals surface area contributed by atoms with Gasteiger partial charge in [-0.15, -0.1) is 0 Å². The van der Waals surface area contributed by atoms with Crippen molar-refractivity contribution in [2.45, 2.75) is 25.2 Å². The van der Waals surface area contributed by atoms with Crippen molar-refractivity contribution in [3.63, 3.8) is 0 Å². The number of hydrogen-bond acceptors (Lipinski definition) is 2. The average molecular weight is 318 g/mol. The van der Waals surface area contributed by atoms with Crippen LogP contribution in [0.15, 0.2) is 36.7 Å². The highest BCUT2D eigenvalue weighted by Gasteiger charge is 2.25. The number of aryl methyl sites for hydroxylation is 1. The molecule has 0 N–H and O–H groups in total. The second-order valence-corrected chi connectivity index (χ2v) is 6.30. The van der Waals surface area contributed by atoms with Gasteiger partial charge in [-0.25, -0.2) is 0 Å². The normalized spacial score (nSPS) is 18.5. The van der Waals surface area contributed by atoms with E-state index in [1.54, 1.807) is 0 Å². The molecule has 1 atom stereocenters. The number of rotatable bonds is 3. The molecular formula is C17H20ClN3O. The largest absolute Gasteiger partial charge is 0.342 e. The molecule has 1 amide bonds. The van der Waals surface area contributed by atoms with Crippen molar-refractivity contribution in [2.24, 2.45) is 7.05 Å². The average Bonchev–Trinajstić information content (AvgIpc) is 2.96. The van der Waals surface area contributed by atoms with Crippen LogP contribution in [0, 0.1) is 0 Å². The Labute approximate surface area is 135 Å². The Balaban J connectivity index is 1.66. The number of piperidine rings is 1. The van der Waals surface area contributed by atoms with Crippen LogP contribution in [0.25, 0.3) is 0 Å². The van der Waals surface area contributed by atoms with Gasteiger partial charge in [0.2, 0.25) is 5.91 Å². The van der Waals surface area contributed by atoms with Gasteiger partial charge in [-0.3, -0.25) is 9.48 Å². The molecule has 1 aromatic heterocycles. The molecular weight excluding hydrogens is 298 g/mol. The van der Waals surface area contributed by atoms with Gasteiger partial charge >= 0.3 is 0 Å². The summed E-state index contributed by atoms with van der Waals surface area (Å²) in [4.78, 5) is 14.5. The van der Waals surface area contributed by atoms with Crippen LogP contribution < -0.4 is 0 Å². The molecule has 0 spiro atoms. The van der Waals surface area contributed by atoms with E-state index >= 15 is 0 Å². The third-order valence-electron chi connectivity index (χ3n) is 4.27. The standard InChI is InChI=1S/C17H20ClN3O/c1-20-11-15(10-19-20)14-6-4-8-21(12-14)17(22)9-13-5-2-3-7-16(13)18/h2-3,5,7,10-11,14H,4,6,8-9,12H2,1H3. The van der Waals surface area contributed by atoms with Crippen LogP contribution in [0.4, 0.5) is 0 Å². The molecule has 5 heteroatoms. The second kappa shape index (κ2) is 6.53. The first-order valence-corrected chi connectivity index (χ1v) is 8.01. The SMILES string of the molecule is Cn1cc(C2CCCN(C(=O)Cc3ccccc3Cl)C2)cn1.